The largest absolute Gasteiger partial charge is 0.493 e. The molecule has 0 unspecified atom stereocenters. The number of hydrogen-bond acceptors (Lipinski definition) is 6. The minimum absolute atomic E-state index is 0.278. The number of nitrogens with one attached hydrogen (secondary N) is 1. The summed E-state index contributed by atoms with van der Waals surface area (Å²) in [5, 5.41) is 3.19. The van der Waals surface area contributed by atoms with E-state index in [0.29, 0.717) is 32.9 Å². The quantitative estimate of drug-likeness (QED) is 0.729. The van der Waals surface area contributed by atoms with Gasteiger partial charge in [0, 0.05) is 17.3 Å². The van der Waals surface area contributed by atoms with E-state index in [1.54, 1.807) is 32.4 Å². The van der Waals surface area contributed by atoms with Gasteiger partial charge < -0.3 is 20.5 Å². The van der Waals surface area contributed by atoms with Crippen molar-refractivity contribution in [3.05, 3.63) is 53.4 Å². The van der Waals surface area contributed by atoms with Crippen LogP contribution in [0.4, 0.5) is 10.8 Å². The zero-order valence-corrected chi connectivity index (χ0v) is 14.6. The summed E-state index contributed by atoms with van der Waals surface area (Å²) in [5.41, 5.74) is 7.82. The number of benzene rings is 2. The summed E-state index contributed by atoms with van der Waals surface area (Å²) in [6, 6.07) is 14.6. The molecule has 0 aliphatic rings. The average molecular weight is 355 g/mol. The molecule has 3 N–H and O–H groups in total. The van der Waals surface area contributed by atoms with Crippen LogP contribution >= 0.6 is 11.3 Å². The molecule has 6 nitrogen and oxygen atoms in total. The molecule has 0 atom stereocenters. The minimum atomic E-state index is -0.278. The normalized spacial score (nSPS) is 10.3. The van der Waals surface area contributed by atoms with E-state index in [1.165, 1.54) is 0 Å². The number of nitrogen functional groups attached to an aromatic ring is 1. The predicted molar refractivity (Wildman–Crippen MR) is 99.5 cm³/mol. The van der Waals surface area contributed by atoms with Crippen LogP contribution in [0.1, 0.15) is 9.67 Å². The molecule has 3 rings (SSSR count). The first-order chi connectivity index (χ1) is 12.1. The molecule has 0 saturated carbocycles. The van der Waals surface area contributed by atoms with Crippen molar-refractivity contribution >= 4 is 28.1 Å². The number of methoxy groups -OCH3 is 2. The summed E-state index contributed by atoms with van der Waals surface area (Å²) in [7, 11) is 3.10. The van der Waals surface area contributed by atoms with Crippen molar-refractivity contribution in [2.45, 2.75) is 0 Å². The van der Waals surface area contributed by atoms with Crippen LogP contribution in [0.25, 0.3) is 11.3 Å². The highest BCUT2D eigenvalue weighted by Crippen LogP contribution is 2.32. The van der Waals surface area contributed by atoms with Gasteiger partial charge in [-0.25, -0.2) is 4.98 Å². The van der Waals surface area contributed by atoms with E-state index in [2.05, 4.69) is 10.3 Å². The van der Waals surface area contributed by atoms with Gasteiger partial charge in [0.2, 0.25) is 0 Å². The molecule has 1 amide bonds. The van der Waals surface area contributed by atoms with Crippen LogP contribution in [0.3, 0.4) is 0 Å². The number of nitrogens with zero attached hydrogens (tertiary/aromatic N) is 1. The van der Waals surface area contributed by atoms with E-state index in [9.17, 15) is 4.79 Å². The van der Waals surface area contributed by atoms with E-state index in [4.69, 9.17) is 15.2 Å². The first-order valence-corrected chi connectivity index (χ1v) is 8.29. The van der Waals surface area contributed by atoms with Gasteiger partial charge >= 0.3 is 0 Å². The molecule has 0 saturated heterocycles. The SMILES string of the molecule is COc1ccc(NC(=O)c2sc(N)nc2-c2ccccc2)cc1OC. The number of nitrogens with two attached hydrogens (primary N) is 1. The van der Waals surface area contributed by atoms with Crippen LogP contribution < -0.4 is 20.5 Å². The van der Waals surface area contributed by atoms with Gasteiger partial charge in [0.15, 0.2) is 16.6 Å². The van der Waals surface area contributed by atoms with Crippen molar-refractivity contribution in [3.8, 4) is 22.8 Å². The van der Waals surface area contributed by atoms with Crippen LogP contribution in [-0.4, -0.2) is 25.1 Å². The zero-order chi connectivity index (χ0) is 17.8. The molecule has 0 fully saturated rings. The second-order valence-electron chi connectivity index (χ2n) is 5.12. The minimum Gasteiger partial charge on any atom is -0.493 e. The molecule has 128 valence electrons. The molecule has 1 aromatic heterocycles. The number of thiazole rings is 1. The fraction of sp³-hybridized carbons (Fsp3) is 0.111. The topological polar surface area (TPSA) is 86.5 Å². The summed E-state index contributed by atoms with van der Waals surface area (Å²) >= 11 is 1.15. The lowest BCUT2D eigenvalue weighted by Crippen LogP contribution is -2.11. The summed E-state index contributed by atoms with van der Waals surface area (Å²) in [6.07, 6.45) is 0. The van der Waals surface area contributed by atoms with Crippen LogP contribution in [0.15, 0.2) is 48.5 Å². The summed E-state index contributed by atoms with van der Waals surface area (Å²) in [6.45, 7) is 0. The van der Waals surface area contributed by atoms with E-state index >= 15 is 0 Å². The second-order valence-corrected chi connectivity index (χ2v) is 6.15. The van der Waals surface area contributed by atoms with Crippen LogP contribution in [0, 0.1) is 0 Å². The lowest BCUT2D eigenvalue weighted by Gasteiger charge is -2.10. The van der Waals surface area contributed by atoms with Crippen LogP contribution in [-0.2, 0) is 0 Å². The number of hydrogen-bond donors (Lipinski definition) is 2. The molecule has 0 aliphatic carbocycles. The van der Waals surface area contributed by atoms with E-state index in [0.717, 1.165) is 16.9 Å². The van der Waals surface area contributed by atoms with Gasteiger partial charge in [0.05, 0.1) is 19.9 Å². The van der Waals surface area contributed by atoms with Gasteiger partial charge in [0.25, 0.3) is 5.91 Å². The molecule has 0 radical (unpaired) electrons. The fourth-order valence-corrected chi connectivity index (χ4v) is 3.13. The number of carbonyl (C=O) groups is 1. The molecule has 3 aromatic rings. The van der Waals surface area contributed by atoms with Crippen molar-refractivity contribution in [1.29, 1.82) is 0 Å². The predicted octanol–water partition coefficient (Wildman–Crippen LogP) is 3.66. The molecular weight excluding hydrogens is 338 g/mol. The number of aromatic nitrogens is 1. The highest BCUT2D eigenvalue weighted by atomic mass is 32.1. The number of amides is 1. The molecule has 0 aliphatic heterocycles. The maximum Gasteiger partial charge on any atom is 0.268 e. The third kappa shape index (κ3) is 3.56. The summed E-state index contributed by atoms with van der Waals surface area (Å²) < 4.78 is 10.5. The van der Waals surface area contributed by atoms with Crippen molar-refractivity contribution in [1.82, 2.24) is 4.98 Å². The molecular formula is C18H17N3O3S. The third-order valence-corrected chi connectivity index (χ3v) is 4.42. The van der Waals surface area contributed by atoms with Gasteiger partial charge in [-0.15, -0.1) is 0 Å². The first-order valence-electron chi connectivity index (χ1n) is 7.47. The Labute approximate surface area is 149 Å². The van der Waals surface area contributed by atoms with E-state index < -0.39 is 0 Å². The standard InChI is InChI=1S/C18H17N3O3S/c1-23-13-9-8-12(10-14(13)24-2)20-17(22)16-15(21-18(19)25-16)11-6-4-3-5-7-11/h3-10H,1-2H3,(H2,19,21)(H,20,22). The highest BCUT2D eigenvalue weighted by Gasteiger charge is 2.19. The van der Waals surface area contributed by atoms with Gasteiger partial charge in [0.1, 0.15) is 4.88 Å². The first kappa shape index (κ1) is 16.8. The molecule has 0 spiro atoms. The smallest absolute Gasteiger partial charge is 0.268 e. The average Bonchev–Trinajstić information content (AvgIpc) is 3.04. The monoisotopic (exact) mass is 355 g/mol. The van der Waals surface area contributed by atoms with Gasteiger partial charge in [-0.05, 0) is 12.1 Å². The van der Waals surface area contributed by atoms with Crippen molar-refractivity contribution < 1.29 is 14.3 Å². The Morgan fingerprint density at radius 2 is 1.80 bits per heavy atom. The Balaban J connectivity index is 1.90. The number of rotatable bonds is 5. The Morgan fingerprint density at radius 3 is 2.48 bits per heavy atom. The Hall–Kier alpha value is -3.06. The zero-order valence-electron chi connectivity index (χ0n) is 13.8. The Morgan fingerprint density at radius 1 is 1.08 bits per heavy atom. The van der Waals surface area contributed by atoms with E-state index in [1.807, 2.05) is 30.3 Å². The summed E-state index contributed by atoms with van der Waals surface area (Å²) in [5.74, 6) is 0.847. The highest BCUT2D eigenvalue weighted by molar-refractivity contribution is 7.17. The maximum atomic E-state index is 12.7. The second kappa shape index (κ2) is 7.23. The van der Waals surface area contributed by atoms with Crippen LogP contribution in [0.5, 0.6) is 11.5 Å². The third-order valence-electron chi connectivity index (χ3n) is 3.54. The molecule has 2 aromatic carbocycles. The fourth-order valence-electron chi connectivity index (χ4n) is 2.38. The van der Waals surface area contributed by atoms with Crippen molar-refractivity contribution in [2.24, 2.45) is 0 Å². The molecule has 0 bridgehead atoms. The van der Waals surface area contributed by atoms with Gasteiger partial charge in [-0.3, -0.25) is 4.79 Å². The number of ether oxygens (including phenoxy) is 2. The Bertz CT molecular complexity index is 894. The lowest BCUT2D eigenvalue weighted by atomic mass is 10.1. The maximum absolute atomic E-state index is 12.7. The molecule has 1 heterocycles. The molecule has 25 heavy (non-hydrogen) atoms. The number of carbonyl (C=O) groups excluding carboxylic acids is 1. The van der Waals surface area contributed by atoms with Crippen molar-refractivity contribution in [2.75, 3.05) is 25.3 Å². The van der Waals surface area contributed by atoms with Crippen LogP contribution in [0.2, 0.25) is 0 Å². The van der Waals surface area contributed by atoms with Gasteiger partial charge in [-0.1, -0.05) is 41.7 Å². The van der Waals surface area contributed by atoms with E-state index in [-0.39, 0.29) is 5.91 Å². The lowest BCUT2D eigenvalue weighted by molar-refractivity contribution is 0.103. The summed E-state index contributed by atoms with van der Waals surface area (Å²) in [4.78, 5) is 17.5. The Kier molecular flexibility index (Phi) is 4.85. The van der Waals surface area contributed by atoms with Crippen molar-refractivity contribution in [3.63, 3.8) is 0 Å². The van der Waals surface area contributed by atoms with Gasteiger partial charge in [-0.2, -0.15) is 0 Å². The number of anilines is 2. The molecule has 7 heteroatoms.